The van der Waals surface area contributed by atoms with E-state index in [1.54, 1.807) is 5.57 Å². The van der Waals surface area contributed by atoms with Gasteiger partial charge in [0.05, 0.1) is 18.8 Å². The van der Waals surface area contributed by atoms with Crippen LogP contribution in [0, 0.1) is 29.1 Å². The van der Waals surface area contributed by atoms with E-state index >= 15 is 0 Å². The molecule has 2 heterocycles. The van der Waals surface area contributed by atoms with E-state index < -0.39 is 0 Å². The monoisotopic (exact) mass is 554 g/mol. The van der Waals surface area contributed by atoms with Gasteiger partial charge >= 0.3 is 0 Å². The van der Waals surface area contributed by atoms with Crippen LogP contribution in [0.4, 0.5) is 0 Å². The highest BCUT2D eigenvalue weighted by atomic mass is 127. The Morgan fingerprint density at radius 3 is 2.66 bits per heavy atom. The lowest BCUT2D eigenvalue weighted by atomic mass is 9.51. The van der Waals surface area contributed by atoms with Crippen LogP contribution in [0.3, 0.4) is 0 Å². The van der Waals surface area contributed by atoms with Crippen molar-refractivity contribution in [3.8, 4) is 0 Å². The van der Waals surface area contributed by atoms with E-state index in [0.29, 0.717) is 0 Å². The zero-order chi connectivity index (χ0) is 21.8. The zero-order valence-electron chi connectivity index (χ0n) is 19.5. The second-order valence-electron chi connectivity index (χ2n) is 11.5. The summed E-state index contributed by atoms with van der Waals surface area (Å²) >= 11 is 2.39. The number of hydrogen-bond acceptors (Lipinski definition) is 4. The van der Waals surface area contributed by atoms with Crippen LogP contribution in [-0.2, 0) is 18.9 Å². The minimum absolute atomic E-state index is 0.0246. The maximum Gasteiger partial charge on any atom is 0.172 e. The molecule has 3 saturated carbocycles. The number of hydrogen-bond donors (Lipinski definition) is 0. The first-order valence-corrected chi connectivity index (χ1v) is 14.4. The van der Waals surface area contributed by atoms with Crippen LogP contribution in [0.5, 0.6) is 0 Å². The van der Waals surface area contributed by atoms with Crippen molar-refractivity contribution < 1.29 is 18.9 Å². The first-order chi connectivity index (χ1) is 15.6. The van der Waals surface area contributed by atoms with E-state index in [0.717, 1.165) is 69.2 Å². The maximum absolute atomic E-state index is 6.94. The van der Waals surface area contributed by atoms with Crippen LogP contribution < -0.4 is 0 Å². The molecule has 0 N–H and O–H groups in total. The average Bonchev–Trinajstić information content (AvgIpc) is 3.37. The Labute approximate surface area is 207 Å². The fourth-order valence-electron chi connectivity index (χ4n) is 8.67. The minimum Gasteiger partial charge on any atom is -0.353 e. The summed E-state index contributed by atoms with van der Waals surface area (Å²) in [6, 6.07) is 0. The summed E-state index contributed by atoms with van der Waals surface area (Å²) in [5, 5.41) is 0. The smallest absolute Gasteiger partial charge is 0.172 e. The molecule has 0 aromatic rings. The topological polar surface area (TPSA) is 36.9 Å². The van der Waals surface area contributed by atoms with Crippen molar-refractivity contribution in [1.29, 1.82) is 0 Å². The number of allylic oxidation sites excluding steroid dienone is 1. The van der Waals surface area contributed by atoms with Gasteiger partial charge in [0.2, 0.25) is 0 Å². The summed E-state index contributed by atoms with van der Waals surface area (Å²) in [7, 11) is 0. The summed E-state index contributed by atoms with van der Waals surface area (Å²) in [5.41, 5.74) is 1.68. The first-order valence-electron chi connectivity index (χ1n) is 13.1. The number of ether oxygens (including phenoxy) is 4. The van der Waals surface area contributed by atoms with Crippen molar-refractivity contribution in [2.24, 2.45) is 29.1 Å². The Morgan fingerprint density at radius 2 is 1.88 bits per heavy atom. The lowest BCUT2D eigenvalue weighted by Crippen LogP contribution is -2.54. The lowest BCUT2D eigenvalue weighted by molar-refractivity contribution is -0.244. The van der Waals surface area contributed by atoms with Gasteiger partial charge in [-0.2, -0.15) is 0 Å². The Kier molecular flexibility index (Phi) is 6.06. The molecule has 6 aliphatic rings. The molecule has 2 saturated heterocycles. The van der Waals surface area contributed by atoms with Crippen molar-refractivity contribution in [3.63, 3.8) is 0 Å². The van der Waals surface area contributed by atoms with Gasteiger partial charge in [-0.15, -0.1) is 0 Å². The molecule has 178 valence electrons. The van der Waals surface area contributed by atoms with E-state index in [9.17, 15) is 0 Å². The SMILES string of the molecule is C[C@]12CC[C@H]3[C@@H](CC=C4CC5(CC[C@@H]43)OCCO5)[C@@H]1CC[C@]2(/C=C/I)OC1CCCCO1. The molecule has 2 aliphatic heterocycles. The average molecular weight is 555 g/mol. The van der Waals surface area contributed by atoms with Crippen LogP contribution in [0.25, 0.3) is 0 Å². The third-order valence-corrected chi connectivity index (χ3v) is 10.6. The fourth-order valence-corrected chi connectivity index (χ4v) is 9.25. The predicted molar refractivity (Wildman–Crippen MR) is 132 cm³/mol. The normalized spacial score (nSPS) is 47.8. The number of rotatable bonds is 3. The van der Waals surface area contributed by atoms with Crippen molar-refractivity contribution in [3.05, 3.63) is 21.8 Å². The Hall–Kier alpha value is 0.0500. The molecule has 4 aliphatic carbocycles. The molecule has 0 bridgehead atoms. The molecule has 1 spiro atoms. The molecule has 7 atom stereocenters. The molecule has 32 heavy (non-hydrogen) atoms. The third-order valence-electron chi connectivity index (χ3n) is 10.3. The maximum atomic E-state index is 6.94. The summed E-state index contributed by atoms with van der Waals surface area (Å²) in [6.45, 7) is 4.93. The zero-order valence-corrected chi connectivity index (χ0v) is 21.7. The van der Waals surface area contributed by atoms with E-state index in [4.69, 9.17) is 18.9 Å². The molecule has 0 amide bonds. The highest BCUT2D eigenvalue weighted by Crippen LogP contribution is 2.66. The van der Waals surface area contributed by atoms with E-state index in [1.165, 1.54) is 44.9 Å². The predicted octanol–water partition coefficient (Wildman–Crippen LogP) is 6.53. The largest absolute Gasteiger partial charge is 0.353 e. The second kappa shape index (κ2) is 8.61. The van der Waals surface area contributed by atoms with Crippen LogP contribution in [-0.4, -0.2) is 37.5 Å². The quantitative estimate of drug-likeness (QED) is 0.294. The van der Waals surface area contributed by atoms with Crippen LogP contribution in [0.2, 0.25) is 0 Å². The van der Waals surface area contributed by atoms with Crippen molar-refractivity contribution in [2.45, 2.75) is 95.2 Å². The van der Waals surface area contributed by atoms with Crippen LogP contribution >= 0.6 is 22.6 Å². The molecule has 1 unspecified atom stereocenters. The van der Waals surface area contributed by atoms with Crippen molar-refractivity contribution >= 4 is 22.6 Å². The summed E-state index contributed by atoms with van der Waals surface area (Å²) < 4.78 is 27.4. The fraction of sp³-hybridized carbons (Fsp3) is 0.852. The third kappa shape index (κ3) is 3.51. The number of halogens is 1. The molecule has 0 radical (unpaired) electrons. The molecular weight excluding hydrogens is 515 g/mol. The van der Waals surface area contributed by atoms with Crippen LogP contribution in [0.1, 0.15) is 77.6 Å². The van der Waals surface area contributed by atoms with Crippen molar-refractivity contribution in [1.82, 2.24) is 0 Å². The Bertz CT molecular complexity index is 768. The molecular formula is C27H39IO4. The standard InChI is InChI=1S/C27H39IO4/c1-25-10-7-21-20-8-12-27(30-16-17-31-27)18-19(20)5-6-22(21)23(25)9-11-26(25,13-14-28)32-24-4-2-3-15-29-24/h5,13-14,20-24H,2-4,6-12,15-18H2,1H3/b14-13+/t20-,21+,22+,23-,24?,25-,26+/m0/s1. The molecule has 6 rings (SSSR count). The highest BCUT2D eigenvalue weighted by molar-refractivity contribution is 14.1. The Balaban J connectivity index is 1.25. The van der Waals surface area contributed by atoms with Crippen LogP contribution in [0.15, 0.2) is 21.8 Å². The Morgan fingerprint density at radius 1 is 1.00 bits per heavy atom. The summed E-state index contributed by atoms with van der Waals surface area (Å²) in [6.07, 6.45) is 18.0. The van der Waals surface area contributed by atoms with E-state index in [2.05, 4.69) is 45.7 Å². The van der Waals surface area contributed by atoms with Gasteiger partial charge in [0.1, 0.15) is 0 Å². The summed E-state index contributed by atoms with van der Waals surface area (Å²) in [4.78, 5) is 0. The van der Waals surface area contributed by atoms with Crippen molar-refractivity contribution in [2.75, 3.05) is 19.8 Å². The summed E-state index contributed by atoms with van der Waals surface area (Å²) in [5.74, 6) is 2.82. The minimum atomic E-state index is -0.292. The number of fused-ring (bicyclic) bond motifs is 5. The molecule has 0 aromatic heterocycles. The van der Waals surface area contributed by atoms with Gasteiger partial charge in [0.15, 0.2) is 12.1 Å². The van der Waals surface area contributed by atoms with Gasteiger partial charge < -0.3 is 18.9 Å². The first kappa shape index (κ1) is 22.5. The van der Waals surface area contributed by atoms with Gasteiger partial charge in [-0.05, 0) is 91.6 Å². The molecule has 5 heteroatoms. The highest BCUT2D eigenvalue weighted by Gasteiger charge is 2.63. The molecule has 0 aromatic carbocycles. The van der Waals surface area contributed by atoms with E-state index in [1.807, 2.05) is 0 Å². The van der Waals surface area contributed by atoms with Gasteiger partial charge in [-0.1, -0.05) is 41.2 Å². The molecule has 4 nitrogen and oxygen atoms in total. The van der Waals surface area contributed by atoms with Gasteiger partial charge in [-0.3, -0.25) is 0 Å². The molecule has 5 fully saturated rings. The lowest BCUT2D eigenvalue weighted by Gasteiger charge is -2.56. The van der Waals surface area contributed by atoms with Gasteiger partial charge in [-0.25, -0.2) is 0 Å². The van der Waals surface area contributed by atoms with Gasteiger partial charge in [0, 0.05) is 24.9 Å². The van der Waals surface area contributed by atoms with E-state index in [-0.39, 0.29) is 23.1 Å². The second-order valence-corrected chi connectivity index (χ2v) is 12.2. The van der Waals surface area contributed by atoms with Gasteiger partial charge in [0.25, 0.3) is 0 Å².